The average Bonchev–Trinajstić information content (AvgIpc) is 3.47. The molecule has 0 spiro atoms. The lowest BCUT2D eigenvalue weighted by Gasteiger charge is -2.34. The first-order chi connectivity index (χ1) is 16.5. The van der Waals surface area contributed by atoms with E-state index >= 15 is 0 Å². The van der Waals surface area contributed by atoms with Crippen molar-refractivity contribution in [2.45, 2.75) is 45.1 Å². The fourth-order valence-electron chi connectivity index (χ4n) is 4.65. The van der Waals surface area contributed by atoms with Crippen molar-refractivity contribution < 1.29 is 9.53 Å². The number of anilines is 2. The molecule has 0 saturated carbocycles. The van der Waals surface area contributed by atoms with Gasteiger partial charge in [0, 0.05) is 31.4 Å². The van der Waals surface area contributed by atoms with Crippen molar-refractivity contribution in [1.82, 2.24) is 9.88 Å². The van der Waals surface area contributed by atoms with Crippen molar-refractivity contribution in [2.75, 3.05) is 23.4 Å². The zero-order valence-corrected chi connectivity index (χ0v) is 20.2. The van der Waals surface area contributed by atoms with E-state index in [1.165, 1.54) is 11.3 Å². The number of para-hydroxylation sites is 1. The van der Waals surface area contributed by atoms with Crippen molar-refractivity contribution in [1.29, 1.82) is 0 Å². The number of rotatable bonds is 6. The van der Waals surface area contributed by atoms with Gasteiger partial charge in [-0.1, -0.05) is 48.5 Å². The highest BCUT2D eigenvalue weighted by Gasteiger charge is 2.32. The van der Waals surface area contributed by atoms with Crippen LogP contribution in [0.1, 0.15) is 37.6 Å². The first-order valence-electron chi connectivity index (χ1n) is 11.7. The molecule has 2 aliphatic rings. The minimum atomic E-state index is -0.200. The first-order valence-corrected chi connectivity index (χ1v) is 12.5. The Kier molecular flexibility index (Phi) is 6.71. The quantitative estimate of drug-likeness (QED) is 0.560. The van der Waals surface area contributed by atoms with E-state index in [2.05, 4.69) is 41.2 Å². The highest BCUT2D eigenvalue weighted by Crippen LogP contribution is 2.35. The van der Waals surface area contributed by atoms with Gasteiger partial charge in [-0.3, -0.25) is 20.0 Å². The van der Waals surface area contributed by atoms with E-state index in [0.29, 0.717) is 17.3 Å². The van der Waals surface area contributed by atoms with Crippen LogP contribution < -0.4 is 10.3 Å². The van der Waals surface area contributed by atoms with E-state index in [0.717, 1.165) is 36.6 Å². The van der Waals surface area contributed by atoms with Crippen LogP contribution in [0.4, 0.5) is 10.8 Å². The monoisotopic (exact) mass is 475 g/mol. The SMILES string of the molecule is C[C@@H]1CN(Cc2csc(NC(=O)C3=NN(c4ccccc4)[C@@H](c4ccccc4)C3)n2)C[C@H](C)O1. The van der Waals surface area contributed by atoms with Gasteiger partial charge in [0.15, 0.2) is 5.13 Å². The van der Waals surface area contributed by atoms with Crippen molar-refractivity contribution in [3.05, 3.63) is 77.3 Å². The zero-order valence-electron chi connectivity index (χ0n) is 19.4. The number of hydrogen-bond donors (Lipinski definition) is 1. The van der Waals surface area contributed by atoms with Crippen LogP contribution in [0.3, 0.4) is 0 Å². The number of amides is 1. The molecule has 3 atom stereocenters. The van der Waals surface area contributed by atoms with Crippen LogP contribution in [0, 0.1) is 0 Å². The number of nitrogens with zero attached hydrogens (tertiary/aromatic N) is 4. The van der Waals surface area contributed by atoms with Crippen LogP contribution >= 0.6 is 11.3 Å². The van der Waals surface area contributed by atoms with Crippen molar-refractivity contribution in [3.8, 4) is 0 Å². The van der Waals surface area contributed by atoms with Crippen LogP contribution in [0.2, 0.25) is 0 Å². The van der Waals surface area contributed by atoms with Crippen molar-refractivity contribution in [3.63, 3.8) is 0 Å². The molecule has 1 aromatic heterocycles. The predicted octanol–water partition coefficient (Wildman–Crippen LogP) is 4.70. The Balaban J connectivity index is 1.28. The third-order valence-corrected chi connectivity index (χ3v) is 6.84. The van der Waals surface area contributed by atoms with Crippen LogP contribution in [0.5, 0.6) is 0 Å². The summed E-state index contributed by atoms with van der Waals surface area (Å²) in [5.74, 6) is -0.200. The van der Waals surface area contributed by atoms with Gasteiger partial charge in [-0.05, 0) is 31.5 Å². The summed E-state index contributed by atoms with van der Waals surface area (Å²) in [6.07, 6.45) is 0.964. The van der Waals surface area contributed by atoms with Gasteiger partial charge >= 0.3 is 0 Å². The van der Waals surface area contributed by atoms with Crippen molar-refractivity contribution in [2.24, 2.45) is 5.10 Å². The van der Waals surface area contributed by atoms with Gasteiger partial charge in [0.25, 0.3) is 5.91 Å². The largest absolute Gasteiger partial charge is 0.373 e. The number of carbonyl (C=O) groups excluding carboxylic acids is 1. The van der Waals surface area contributed by atoms with Crippen molar-refractivity contribution >= 4 is 33.8 Å². The van der Waals surface area contributed by atoms with Crippen LogP contribution in [-0.2, 0) is 16.1 Å². The number of hydrazone groups is 1. The molecule has 0 unspecified atom stereocenters. The molecule has 0 aliphatic carbocycles. The van der Waals surface area contributed by atoms with Gasteiger partial charge in [0.1, 0.15) is 5.71 Å². The summed E-state index contributed by atoms with van der Waals surface area (Å²) in [4.78, 5) is 20.1. The van der Waals surface area contributed by atoms with E-state index in [-0.39, 0.29) is 24.2 Å². The van der Waals surface area contributed by atoms with Gasteiger partial charge in [-0.2, -0.15) is 5.10 Å². The fourth-order valence-corrected chi connectivity index (χ4v) is 5.35. The molecule has 5 rings (SSSR count). The number of ether oxygens (including phenoxy) is 1. The molecule has 1 saturated heterocycles. The number of hydrogen-bond acceptors (Lipinski definition) is 7. The molecular weight excluding hydrogens is 446 g/mol. The Morgan fingerprint density at radius 3 is 2.44 bits per heavy atom. The summed E-state index contributed by atoms with van der Waals surface area (Å²) in [6.45, 7) is 6.72. The molecule has 7 nitrogen and oxygen atoms in total. The zero-order chi connectivity index (χ0) is 23.5. The number of benzene rings is 2. The summed E-state index contributed by atoms with van der Waals surface area (Å²) in [7, 11) is 0. The van der Waals surface area contributed by atoms with Gasteiger partial charge in [-0.15, -0.1) is 11.3 Å². The fraction of sp³-hybridized carbons (Fsp3) is 0.346. The molecule has 2 aromatic carbocycles. The maximum absolute atomic E-state index is 13.1. The van der Waals surface area contributed by atoms with E-state index in [1.54, 1.807) is 0 Å². The number of carbonyl (C=O) groups is 1. The van der Waals surface area contributed by atoms with Crippen LogP contribution in [0.15, 0.2) is 71.1 Å². The van der Waals surface area contributed by atoms with Crippen LogP contribution in [-0.4, -0.2) is 46.8 Å². The second-order valence-electron chi connectivity index (χ2n) is 8.91. The summed E-state index contributed by atoms with van der Waals surface area (Å²) in [5, 5.41) is 12.3. The average molecular weight is 476 g/mol. The Morgan fingerprint density at radius 2 is 1.74 bits per heavy atom. The number of aromatic nitrogens is 1. The van der Waals surface area contributed by atoms with Gasteiger partial charge in [0.05, 0.1) is 29.6 Å². The van der Waals surface area contributed by atoms with Gasteiger partial charge in [-0.25, -0.2) is 4.98 Å². The maximum atomic E-state index is 13.1. The summed E-state index contributed by atoms with van der Waals surface area (Å²) < 4.78 is 5.82. The number of morpholine rings is 1. The molecule has 0 bridgehead atoms. The summed E-state index contributed by atoms with van der Waals surface area (Å²) in [6, 6.07) is 20.1. The molecule has 1 N–H and O–H groups in total. The molecule has 0 radical (unpaired) electrons. The summed E-state index contributed by atoms with van der Waals surface area (Å²) >= 11 is 1.45. The Labute approximate surface area is 204 Å². The number of thiazole rings is 1. The second kappa shape index (κ2) is 10.0. The Bertz CT molecular complexity index is 1140. The lowest BCUT2D eigenvalue weighted by Crippen LogP contribution is -2.44. The van der Waals surface area contributed by atoms with Gasteiger partial charge in [0.2, 0.25) is 0 Å². The summed E-state index contributed by atoms with van der Waals surface area (Å²) in [5.41, 5.74) is 3.56. The van der Waals surface area contributed by atoms with E-state index in [4.69, 9.17) is 9.84 Å². The molecule has 1 fully saturated rings. The third-order valence-electron chi connectivity index (χ3n) is 6.03. The molecule has 1 amide bonds. The third kappa shape index (κ3) is 5.19. The van der Waals surface area contributed by atoms with Crippen LogP contribution in [0.25, 0.3) is 0 Å². The van der Waals surface area contributed by atoms with Gasteiger partial charge < -0.3 is 4.74 Å². The van der Waals surface area contributed by atoms with E-state index in [1.807, 2.05) is 58.9 Å². The predicted molar refractivity (Wildman–Crippen MR) is 136 cm³/mol. The standard InChI is InChI=1S/C26H29N5O2S/c1-18-14-30(15-19(2)33-18)16-21-17-34-26(27-21)28-25(32)23-13-24(20-9-5-3-6-10-20)31(29-23)22-11-7-4-8-12-22/h3-12,17-19,24H,13-16H2,1-2H3,(H,27,28,32)/t18-,19+,24-/m1/s1. The molecule has 34 heavy (non-hydrogen) atoms. The number of nitrogens with one attached hydrogen (secondary N) is 1. The highest BCUT2D eigenvalue weighted by atomic mass is 32.1. The molecular formula is C26H29N5O2S. The smallest absolute Gasteiger partial charge is 0.273 e. The molecule has 3 aromatic rings. The topological polar surface area (TPSA) is 70.1 Å². The first kappa shape index (κ1) is 22.7. The molecule has 2 aliphatic heterocycles. The molecule has 176 valence electrons. The highest BCUT2D eigenvalue weighted by molar-refractivity contribution is 7.14. The maximum Gasteiger partial charge on any atom is 0.273 e. The molecule has 8 heteroatoms. The Morgan fingerprint density at radius 1 is 1.06 bits per heavy atom. The lowest BCUT2D eigenvalue weighted by molar-refractivity contribution is -0.110. The normalized spacial score (nSPS) is 23.1. The van der Waals surface area contributed by atoms with E-state index < -0.39 is 0 Å². The lowest BCUT2D eigenvalue weighted by atomic mass is 10.0. The molecule has 3 heterocycles. The second-order valence-corrected chi connectivity index (χ2v) is 9.77. The van der Waals surface area contributed by atoms with E-state index in [9.17, 15) is 4.79 Å². The minimum Gasteiger partial charge on any atom is -0.373 e. The minimum absolute atomic E-state index is 0.0264. The Hall–Kier alpha value is -3.07.